The molecule has 1 aliphatic rings. The fraction of sp³-hybridized carbons (Fsp3) is 0.217. The maximum atomic E-state index is 4.93. The molecular formula is C23H21N5S3. The molecule has 1 saturated heterocycles. The van der Waals surface area contributed by atoms with Gasteiger partial charge >= 0.3 is 0 Å². The van der Waals surface area contributed by atoms with Gasteiger partial charge in [0, 0.05) is 11.4 Å². The number of hydrogen-bond donors (Lipinski definition) is 0. The van der Waals surface area contributed by atoms with Crippen molar-refractivity contribution in [3.05, 3.63) is 70.9 Å². The molecule has 0 spiro atoms. The first-order chi connectivity index (χ1) is 15.3. The first kappa shape index (κ1) is 19.2. The van der Waals surface area contributed by atoms with Crippen LogP contribution < -0.4 is 9.80 Å². The summed E-state index contributed by atoms with van der Waals surface area (Å²) >= 11 is 5.38. The van der Waals surface area contributed by atoms with Crippen LogP contribution in [-0.2, 0) is 6.42 Å². The number of anilines is 2. The van der Waals surface area contributed by atoms with Crippen molar-refractivity contribution in [3.8, 4) is 0 Å². The highest BCUT2D eigenvalue weighted by molar-refractivity contribution is 7.22. The van der Waals surface area contributed by atoms with Gasteiger partial charge in [-0.05, 0) is 42.1 Å². The zero-order valence-electron chi connectivity index (χ0n) is 16.8. The lowest BCUT2D eigenvalue weighted by Gasteiger charge is -2.42. The normalized spacial score (nSPS) is 15.4. The second kappa shape index (κ2) is 8.20. The zero-order valence-corrected chi connectivity index (χ0v) is 19.3. The van der Waals surface area contributed by atoms with Crippen LogP contribution in [0.5, 0.6) is 0 Å². The predicted molar refractivity (Wildman–Crippen MR) is 134 cm³/mol. The lowest BCUT2D eigenvalue weighted by atomic mass is 10.3. The van der Waals surface area contributed by atoms with Gasteiger partial charge in [-0.15, -0.1) is 11.3 Å². The highest BCUT2D eigenvalue weighted by Crippen LogP contribution is 2.33. The van der Waals surface area contributed by atoms with Gasteiger partial charge in [0.2, 0.25) is 0 Å². The summed E-state index contributed by atoms with van der Waals surface area (Å²) in [6, 6.07) is 21.1. The van der Waals surface area contributed by atoms with Crippen LogP contribution in [0.2, 0.25) is 0 Å². The monoisotopic (exact) mass is 463 g/mol. The molecular weight excluding hydrogens is 442 g/mol. The van der Waals surface area contributed by atoms with E-state index >= 15 is 0 Å². The Morgan fingerprint density at radius 1 is 0.710 bits per heavy atom. The second-order valence-corrected chi connectivity index (χ2v) is 10.7. The second-order valence-electron chi connectivity index (χ2n) is 7.66. The lowest BCUT2D eigenvalue weighted by Crippen LogP contribution is -2.55. The number of hydrogen-bond acceptors (Lipinski definition) is 8. The smallest absolute Gasteiger partial charge is 0.188 e. The molecule has 1 aliphatic heterocycles. The summed E-state index contributed by atoms with van der Waals surface area (Å²) in [4.78, 5) is 18.6. The Morgan fingerprint density at radius 2 is 1.32 bits per heavy atom. The topological polar surface area (TPSA) is 35.5 Å². The summed E-state index contributed by atoms with van der Waals surface area (Å²) in [5.74, 6) is 0. The summed E-state index contributed by atoms with van der Waals surface area (Å²) < 4.78 is 2.47. The summed E-state index contributed by atoms with van der Waals surface area (Å²) in [5.41, 5.74) is 2.15. The number of fused-ring (bicyclic) bond motifs is 2. The van der Waals surface area contributed by atoms with E-state index < -0.39 is 0 Å². The zero-order chi connectivity index (χ0) is 20.6. The number of nitrogens with zero attached hydrogens (tertiary/aromatic N) is 5. The summed E-state index contributed by atoms with van der Waals surface area (Å²) in [6.45, 7) is 3.58. The van der Waals surface area contributed by atoms with Gasteiger partial charge in [0.05, 0.1) is 40.4 Å². The molecule has 0 atom stereocenters. The molecule has 0 bridgehead atoms. The number of para-hydroxylation sites is 2. The van der Waals surface area contributed by atoms with Gasteiger partial charge < -0.3 is 9.80 Å². The summed E-state index contributed by atoms with van der Waals surface area (Å²) in [7, 11) is 0. The van der Waals surface area contributed by atoms with Crippen molar-refractivity contribution in [3.63, 3.8) is 0 Å². The summed E-state index contributed by atoms with van der Waals surface area (Å²) in [5, 5.41) is 4.31. The molecule has 0 radical (unpaired) electrons. The minimum Gasteiger partial charge on any atom is -0.317 e. The molecule has 2 aromatic carbocycles. The average molecular weight is 464 g/mol. The van der Waals surface area contributed by atoms with Crippen LogP contribution in [0.4, 0.5) is 10.3 Å². The molecule has 3 aromatic heterocycles. The van der Waals surface area contributed by atoms with Crippen molar-refractivity contribution < 1.29 is 0 Å². The third kappa shape index (κ3) is 3.92. The molecule has 4 heterocycles. The van der Waals surface area contributed by atoms with Crippen LogP contribution in [0.1, 0.15) is 4.88 Å². The number of aromatic nitrogens is 2. The Hall–Kier alpha value is -2.52. The van der Waals surface area contributed by atoms with Crippen LogP contribution in [0.15, 0.2) is 66.0 Å². The third-order valence-corrected chi connectivity index (χ3v) is 8.57. The molecule has 31 heavy (non-hydrogen) atoms. The summed E-state index contributed by atoms with van der Waals surface area (Å²) in [6.07, 6.45) is 1.07. The number of thiophene rings is 1. The molecule has 0 aliphatic carbocycles. The van der Waals surface area contributed by atoms with E-state index in [4.69, 9.17) is 9.97 Å². The van der Waals surface area contributed by atoms with Crippen molar-refractivity contribution in [1.82, 2.24) is 14.9 Å². The van der Waals surface area contributed by atoms with Crippen molar-refractivity contribution in [2.24, 2.45) is 0 Å². The van der Waals surface area contributed by atoms with Gasteiger partial charge in [-0.3, -0.25) is 4.90 Å². The van der Waals surface area contributed by atoms with Crippen LogP contribution in [-0.4, -0.2) is 41.4 Å². The maximum absolute atomic E-state index is 4.93. The number of thiazole rings is 2. The third-order valence-electron chi connectivity index (χ3n) is 5.44. The van der Waals surface area contributed by atoms with Crippen LogP contribution in [0, 0.1) is 0 Å². The molecule has 5 nitrogen and oxygen atoms in total. The van der Waals surface area contributed by atoms with E-state index in [1.165, 1.54) is 14.3 Å². The first-order valence-electron chi connectivity index (χ1n) is 10.3. The van der Waals surface area contributed by atoms with Crippen LogP contribution in [0.3, 0.4) is 0 Å². The molecule has 1 fully saturated rings. The van der Waals surface area contributed by atoms with Crippen molar-refractivity contribution in [2.75, 3.05) is 36.4 Å². The number of benzene rings is 2. The molecule has 6 rings (SSSR count). The first-order valence-corrected chi connectivity index (χ1v) is 12.8. The molecule has 8 heteroatoms. The van der Waals surface area contributed by atoms with Gasteiger partial charge in [-0.2, -0.15) is 0 Å². The van der Waals surface area contributed by atoms with Crippen molar-refractivity contribution in [2.45, 2.75) is 6.42 Å². The standard InChI is InChI=1S/C23H21N5S3/c1-3-9-20-18(7-1)24-22(30-20)27-14-26(12-11-17-6-5-13-29-17)15-28(16-27)23-25-19-8-2-4-10-21(19)31-23/h1-10,13H,11-12,14-16H2. The Morgan fingerprint density at radius 3 is 1.87 bits per heavy atom. The fourth-order valence-electron chi connectivity index (χ4n) is 3.92. The minimum absolute atomic E-state index is 0.801. The highest BCUT2D eigenvalue weighted by atomic mass is 32.1. The van der Waals surface area contributed by atoms with Gasteiger partial charge in [-0.25, -0.2) is 9.97 Å². The quantitative estimate of drug-likeness (QED) is 0.334. The van der Waals surface area contributed by atoms with Crippen molar-refractivity contribution >= 4 is 64.7 Å². The number of rotatable bonds is 5. The van der Waals surface area contributed by atoms with Crippen LogP contribution in [0.25, 0.3) is 20.4 Å². The highest BCUT2D eigenvalue weighted by Gasteiger charge is 2.27. The molecule has 5 aromatic rings. The van der Waals surface area contributed by atoms with Gasteiger partial charge in [-0.1, -0.05) is 53.0 Å². The van der Waals surface area contributed by atoms with E-state index in [0.717, 1.165) is 54.3 Å². The van der Waals surface area contributed by atoms with E-state index in [9.17, 15) is 0 Å². The van der Waals surface area contributed by atoms with Gasteiger partial charge in [0.15, 0.2) is 10.3 Å². The molecule has 0 N–H and O–H groups in total. The molecule has 156 valence electrons. The SMILES string of the molecule is c1csc(CCN2CN(c3nc4ccccc4s3)CN(c3nc4ccccc4s3)C2)c1. The Balaban J connectivity index is 1.30. The van der Waals surface area contributed by atoms with Gasteiger partial charge in [0.25, 0.3) is 0 Å². The van der Waals surface area contributed by atoms with E-state index in [-0.39, 0.29) is 0 Å². The fourth-order valence-corrected chi connectivity index (χ4v) is 6.52. The Labute approximate surface area is 192 Å². The molecule has 0 amide bonds. The van der Waals surface area contributed by atoms with Gasteiger partial charge in [0.1, 0.15) is 0 Å². The molecule has 0 unspecified atom stereocenters. The van der Waals surface area contributed by atoms with E-state index in [1.807, 2.05) is 11.3 Å². The van der Waals surface area contributed by atoms with E-state index in [0.29, 0.717) is 0 Å². The molecule has 0 saturated carbocycles. The Kier molecular flexibility index (Phi) is 5.07. The lowest BCUT2D eigenvalue weighted by molar-refractivity contribution is 0.245. The van der Waals surface area contributed by atoms with E-state index in [1.54, 1.807) is 22.7 Å². The van der Waals surface area contributed by atoms with E-state index in [2.05, 4.69) is 80.7 Å². The van der Waals surface area contributed by atoms with Crippen LogP contribution >= 0.6 is 34.0 Å². The van der Waals surface area contributed by atoms with Crippen molar-refractivity contribution in [1.29, 1.82) is 0 Å². The maximum Gasteiger partial charge on any atom is 0.188 e. The minimum atomic E-state index is 0.801. The largest absolute Gasteiger partial charge is 0.317 e. The average Bonchev–Trinajstić information content (AvgIpc) is 3.56. The predicted octanol–water partition coefficient (Wildman–Crippen LogP) is 5.71. The Bertz CT molecular complexity index is 1160.